The number of aliphatic carboxylic acids is 2. The number of β-lactam (4-membered cyclic amide) rings is 2. The van der Waals surface area contributed by atoms with Crippen molar-refractivity contribution in [3.05, 3.63) is 94.3 Å². The number of esters is 2. The third kappa shape index (κ3) is 8.88. The van der Waals surface area contributed by atoms with E-state index < -0.39 is 82.4 Å². The number of carboxylic acids is 2. The van der Waals surface area contributed by atoms with Crippen LogP contribution in [0.1, 0.15) is 37.1 Å². The van der Waals surface area contributed by atoms with Crippen LogP contribution in [0.25, 0.3) is 0 Å². The number of benzene rings is 2. The SMILES string of the molecule is CC(=O)OCC1=C(C(=O)O)N2C(=O)[C@@H](NC(=O)[C@H](N)c3ccccc3)[C@H]2SC1.CC(=O)OCC1=C(C(=O)O)N2C(=O)[C@@H](NC(=O)[C@H](N)c3ccccc3)[C@H]2SC1. The highest BCUT2D eigenvalue weighted by atomic mass is 32.2. The molecule has 2 saturated heterocycles. The first-order valence-corrected chi connectivity index (χ1v) is 19.0. The summed E-state index contributed by atoms with van der Waals surface area (Å²) >= 11 is 2.58. The highest BCUT2D eigenvalue weighted by Crippen LogP contribution is 2.42. The van der Waals surface area contributed by atoms with E-state index in [1.54, 1.807) is 60.7 Å². The number of hydrogen-bond acceptors (Lipinski definition) is 14. The van der Waals surface area contributed by atoms with E-state index in [9.17, 15) is 48.6 Å². The molecule has 8 N–H and O–H groups in total. The summed E-state index contributed by atoms with van der Waals surface area (Å²) in [5.74, 6) is -5.24. The highest BCUT2D eigenvalue weighted by molar-refractivity contribution is 8.00. The Hall–Kier alpha value is -5.70. The van der Waals surface area contributed by atoms with Gasteiger partial charge in [0.15, 0.2) is 0 Å². The molecule has 0 radical (unpaired) electrons. The largest absolute Gasteiger partial charge is 0.477 e. The van der Waals surface area contributed by atoms with Crippen LogP contribution in [-0.2, 0) is 47.8 Å². The van der Waals surface area contributed by atoms with Crippen LogP contribution in [0.15, 0.2) is 83.2 Å². The van der Waals surface area contributed by atoms with Gasteiger partial charge in [0.1, 0.15) is 59.5 Å². The maximum Gasteiger partial charge on any atom is 0.352 e. The van der Waals surface area contributed by atoms with Gasteiger partial charge in [-0.3, -0.25) is 38.6 Å². The fourth-order valence-electron chi connectivity index (χ4n) is 6.08. The first-order chi connectivity index (χ1) is 26.6. The number of carbonyl (C=O) groups is 8. The fraction of sp³-hybridized carbons (Fsp3) is 0.333. The van der Waals surface area contributed by atoms with Crippen molar-refractivity contribution < 1.29 is 58.0 Å². The van der Waals surface area contributed by atoms with E-state index in [1.807, 2.05) is 0 Å². The summed E-state index contributed by atoms with van der Waals surface area (Å²) in [6, 6.07) is 13.8. The van der Waals surface area contributed by atoms with Crippen LogP contribution >= 0.6 is 23.5 Å². The number of carboxylic acid groups (broad SMARTS) is 2. The third-order valence-corrected chi connectivity index (χ3v) is 11.6. The molecule has 20 heteroatoms. The first-order valence-electron chi connectivity index (χ1n) is 16.9. The molecule has 4 heterocycles. The maximum atomic E-state index is 12.5. The zero-order valence-corrected chi connectivity index (χ0v) is 31.5. The van der Waals surface area contributed by atoms with Gasteiger partial charge in [0.25, 0.3) is 11.8 Å². The minimum atomic E-state index is -1.29. The van der Waals surface area contributed by atoms with Crippen LogP contribution < -0.4 is 22.1 Å². The van der Waals surface area contributed by atoms with E-state index in [2.05, 4.69) is 10.6 Å². The van der Waals surface area contributed by atoms with Crippen LogP contribution in [0.2, 0.25) is 0 Å². The molecule has 56 heavy (non-hydrogen) atoms. The monoisotopic (exact) mass is 810 g/mol. The second-order valence-corrected chi connectivity index (χ2v) is 14.9. The van der Waals surface area contributed by atoms with Crippen molar-refractivity contribution in [2.75, 3.05) is 24.7 Å². The standard InChI is InChI=1S/2C18H19N3O6S/c2*1-9(22)27-7-11-8-28-17-13(16(24)21(17)14(11)18(25)26)20-15(23)12(19)10-5-3-2-4-6-10/h2*2-6,12-13,17H,7-8,19H2,1H3,(H,20,23)(H,25,26)/t2*12-,13-,17-/m11/s1. The number of fused-ring (bicyclic) bond motifs is 2. The molecule has 0 aliphatic carbocycles. The Kier molecular flexibility index (Phi) is 13.2. The van der Waals surface area contributed by atoms with E-state index in [0.717, 1.165) is 9.80 Å². The number of nitrogens with zero attached hydrogens (tertiary/aromatic N) is 2. The van der Waals surface area contributed by atoms with Crippen LogP contribution in [-0.4, -0.2) is 115 Å². The van der Waals surface area contributed by atoms with Crippen LogP contribution in [0.5, 0.6) is 0 Å². The summed E-state index contributed by atoms with van der Waals surface area (Å²) in [4.78, 5) is 97.5. The number of nitrogens with one attached hydrogen (secondary N) is 2. The van der Waals surface area contributed by atoms with Crippen LogP contribution in [0.3, 0.4) is 0 Å². The van der Waals surface area contributed by atoms with E-state index >= 15 is 0 Å². The van der Waals surface area contributed by atoms with Crippen molar-refractivity contribution in [3.63, 3.8) is 0 Å². The van der Waals surface area contributed by atoms with Gasteiger partial charge in [-0.1, -0.05) is 60.7 Å². The second-order valence-electron chi connectivity index (χ2n) is 12.6. The van der Waals surface area contributed by atoms with Gasteiger partial charge < -0.3 is 41.8 Å². The molecule has 2 aromatic rings. The molecule has 4 aliphatic rings. The molecule has 0 aromatic heterocycles. The van der Waals surface area contributed by atoms with E-state index in [0.29, 0.717) is 22.3 Å². The summed E-state index contributed by atoms with van der Waals surface area (Å²) in [5, 5.41) is 23.1. The minimum Gasteiger partial charge on any atom is -0.477 e. The lowest BCUT2D eigenvalue weighted by Gasteiger charge is -2.49. The lowest BCUT2D eigenvalue weighted by molar-refractivity contribution is -0.151. The number of nitrogens with two attached hydrogens (primary N) is 2. The van der Waals surface area contributed by atoms with Gasteiger partial charge in [-0.05, 0) is 11.1 Å². The Morgan fingerprint density at radius 1 is 0.679 bits per heavy atom. The van der Waals surface area contributed by atoms with E-state index in [1.165, 1.54) is 37.4 Å². The van der Waals surface area contributed by atoms with Gasteiger partial charge in [0, 0.05) is 36.5 Å². The van der Waals surface area contributed by atoms with Gasteiger partial charge in [0.2, 0.25) is 11.8 Å². The molecule has 0 bridgehead atoms. The number of thioether (sulfide) groups is 2. The molecule has 4 amide bonds. The van der Waals surface area contributed by atoms with E-state index in [-0.39, 0.29) is 36.1 Å². The van der Waals surface area contributed by atoms with Crippen molar-refractivity contribution >= 4 is 71.0 Å². The van der Waals surface area contributed by atoms with Crippen LogP contribution in [0.4, 0.5) is 0 Å². The molecule has 6 atom stereocenters. The molecule has 0 saturated carbocycles. The van der Waals surface area contributed by atoms with Crippen LogP contribution in [0, 0.1) is 0 Å². The first kappa shape index (κ1) is 41.5. The second kappa shape index (κ2) is 17.8. The molecule has 2 fully saturated rings. The Labute approximate surface area is 328 Å². The van der Waals surface area contributed by atoms with E-state index in [4.69, 9.17) is 20.9 Å². The van der Waals surface area contributed by atoms with Gasteiger partial charge in [-0.2, -0.15) is 0 Å². The highest BCUT2D eigenvalue weighted by Gasteiger charge is 2.55. The molecule has 2 aromatic carbocycles. The molecule has 18 nitrogen and oxygen atoms in total. The normalized spacial score (nSPS) is 22.1. The predicted molar refractivity (Wildman–Crippen MR) is 199 cm³/mol. The lowest BCUT2D eigenvalue weighted by Crippen LogP contribution is -2.71. The molecule has 4 aliphatic heterocycles. The van der Waals surface area contributed by atoms with Gasteiger partial charge in [-0.15, -0.1) is 23.5 Å². The third-order valence-electron chi connectivity index (χ3n) is 8.88. The van der Waals surface area contributed by atoms with Gasteiger partial charge in [0.05, 0.1) is 0 Å². The Bertz CT molecular complexity index is 1850. The fourth-order valence-corrected chi connectivity index (χ4v) is 8.73. The summed E-state index contributed by atoms with van der Waals surface area (Å²) in [6.45, 7) is 2.04. The van der Waals surface area contributed by atoms with Gasteiger partial charge in [-0.25, -0.2) is 9.59 Å². The van der Waals surface area contributed by atoms with Crippen molar-refractivity contribution in [2.24, 2.45) is 11.5 Å². The summed E-state index contributed by atoms with van der Waals surface area (Å²) in [5.41, 5.74) is 13.4. The number of ether oxygens (including phenoxy) is 2. The Morgan fingerprint density at radius 2 is 1.02 bits per heavy atom. The summed E-state index contributed by atoms with van der Waals surface area (Å²) in [7, 11) is 0. The maximum absolute atomic E-state index is 12.5. The van der Waals surface area contributed by atoms with Crippen molar-refractivity contribution in [1.29, 1.82) is 0 Å². The van der Waals surface area contributed by atoms with Crippen molar-refractivity contribution in [3.8, 4) is 0 Å². The molecule has 296 valence electrons. The average Bonchev–Trinajstić information content (AvgIpc) is 3.19. The zero-order valence-electron chi connectivity index (χ0n) is 29.9. The number of amides is 4. The Balaban J connectivity index is 0.000000214. The topological polar surface area (TPSA) is 278 Å². The van der Waals surface area contributed by atoms with Gasteiger partial charge >= 0.3 is 23.9 Å². The predicted octanol–water partition coefficient (Wildman–Crippen LogP) is -0.0238. The summed E-state index contributed by atoms with van der Waals surface area (Å²) < 4.78 is 9.76. The zero-order chi connectivity index (χ0) is 40.8. The average molecular weight is 811 g/mol. The number of rotatable bonds is 12. The number of carbonyl (C=O) groups excluding carboxylic acids is 6. The Morgan fingerprint density at radius 3 is 1.32 bits per heavy atom. The molecule has 6 rings (SSSR count). The smallest absolute Gasteiger partial charge is 0.352 e. The molecule has 0 spiro atoms. The van der Waals surface area contributed by atoms with Crippen molar-refractivity contribution in [2.45, 2.75) is 48.8 Å². The van der Waals surface area contributed by atoms with Crippen molar-refractivity contribution in [1.82, 2.24) is 20.4 Å². The molecular weight excluding hydrogens is 773 g/mol. The molecule has 0 unspecified atom stereocenters. The number of hydrogen-bond donors (Lipinski definition) is 6. The molecular formula is C36H38N6O12S2. The lowest BCUT2D eigenvalue weighted by atomic mass is 10.0. The minimum absolute atomic E-state index is 0.198. The quantitative estimate of drug-likeness (QED) is 0.121. The summed E-state index contributed by atoms with van der Waals surface area (Å²) in [6.07, 6.45) is 0.